The van der Waals surface area contributed by atoms with Crippen molar-refractivity contribution in [3.63, 3.8) is 0 Å². The molecule has 1 atom stereocenters. The van der Waals surface area contributed by atoms with E-state index in [4.69, 9.17) is 0 Å². The second-order valence-corrected chi connectivity index (χ2v) is 8.07. The lowest BCUT2D eigenvalue weighted by Crippen LogP contribution is -2.38. The molecule has 2 N–H and O–H groups in total. The molecule has 0 saturated heterocycles. The number of benzene rings is 1. The van der Waals surface area contributed by atoms with Crippen molar-refractivity contribution in [3.8, 4) is 0 Å². The Morgan fingerprint density at radius 3 is 2.08 bits per heavy atom. The minimum atomic E-state index is -3.45. The molecule has 0 fully saturated rings. The molecular weight excluding hydrogens is 326 g/mol. The predicted octanol–water partition coefficient (Wildman–Crippen LogP) is 2.73. The van der Waals surface area contributed by atoms with Crippen LogP contribution in [0.1, 0.15) is 46.2 Å². The number of hydrogen-bond acceptors (Lipinski definition) is 3. The Labute approximate surface area is 145 Å². The maximum absolute atomic E-state index is 12.4. The summed E-state index contributed by atoms with van der Waals surface area (Å²) in [5.41, 5.74) is 0.855. The van der Waals surface area contributed by atoms with Crippen LogP contribution in [0.5, 0.6) is 0 Å². The van der Waals surface area contributed by atoms with Gasteiger partial charge < -0.3 is 10.6 Å². The van der Waals surface area contributed by atoms with Crippen LogP contribution in [0.2, 0.25) is 0 Å². The van der Waals surface area contributed by atoms with Crippen LogP contribution in [0.4, 0.5) is 4.79 Å². The molecule has 7 heteroatoms. The Bertz CT molecular complexity index is 623. The number of urea groups is 1. The highest BCUT2D eigenvalue weighted by atomic mass is 32.2. The topological polar surface area (TPSA) is 78.5 Å². The van der Waals surface area contributed by atoms with Gasteiger partial charge in [-0.2, -0.15) is 4.31 Å². The van der Waals surface area contributed by atoms with Crippen molar-refractivity contribution in [1.82, 2.24) is 14.9 Å². The van der Waals surface area contributed by atoms with Crippen molar-refractivity contribution in [2.45, 2.75) is 45.6 Å². The molecule has 0 aliphatic heterocycles. The first-order valence-corrected chi connectivity index (χ1v) is 9.80. The molecule has 1 aromatic rings. The monoisotopic (exact) mass is 355 g/mol. The van der Waals surface area contributed by atoms with Crippen LogP contribution in [-0.2, 0) is 10.0 Å². The van der Waals surface area contributed by atoms with E-state index in [1.807, 2.05) is 34.6 Å². The zero-order chi connectivity index (χ0) is 18.3. The van der Waals surface area contributed by atoms with Gasteiger partial charge in [0.1, 0.15) is 0 Å². The van der Waals surface area contributed by atoms with E-state index in [1.54, 1.807) is 24.3 Å². The fourth-order valence-electron chi connectivity index (χ4n) is 2.27. The molecule has 0 heterocycles. The lowest BCUT2D eigenvalue weighted by atomic mass is 10.1. The number of rotatable bonds is 8. The SMILES string of the molecule is CCN(CC)S(=O)(=O)c1ccc(C(C)NC(=O)NCC(C)C)cc1. The highest BCUT2D eigenvalue weighted by Gasteiger charge is 2.21. The van der Waals surface area contributed by atoms with Crippen LogP contribution in [0.15, 0.2) is 29.2 Å². The summed E-state index contributed by atoms with van der Waals surface area (Å²) >= 11 is 0. The van der Waals surface area contributed by atoms with Gasteiger partial charge in [-0.05, 0) is 30.5 Å². The molecule has 1 unspecified atom stereocenters. The molecule has 24 heavy (non-hydrogen) atoms. The van der Waals surface area contributed by atoms with Crippen LogP contribution in [0.25, 0.3) is 0 Å². The largest absolute Gasteiger partial charge is 0.338 e. The third-order valence-corrected chi connectivity index (χ3v) is 5.81. The Hall–Kier alpha value is -1.60. The third kappa shape index (κ3) is 5.49. The molecule has 6 nitrogen and oxygen atoms in total. The first-order chi connectivity index (χ1) is 11.2. The Kier molecular flexibility index (Phi) is 7.69. The molecule has 1 aromatic carbocycles. The van der Waals surface area contributed by atoms with Gasteiger partial charge in [0.25, 0.3) is 0 Å². The first kappa shape index (κ1) is 20.4. The molecule has 136 valence electrons. The maximum atomic E-state index is 12.4. The van der Waals surface area contributed by atoms with E-state index >= 15 is 0 Å². The van der Waals surface area contributed by atoms with E-state index < -0.39 is 10.0 Å². The summed E-state index contributed by atoms with van der Waals surface area (Å²) in [4.78, 5) is 12.1. The molecule has 0 aliphatic carbocycles. The number of amides is 2. The third-order valence-electron chi connectivity index (χ3n) is 3.74. The van der Waals surface area contributed by atoms with E-state index in [1.165, 1.54) is 4.31 Å². The molecule has 0 aromatic heterocycles. The number of nitrogens with one attached hydrogen (secondary N) is 2. The quantitative estimate of drug-likeness (QED) is 0.752. The summed E-state index contributed by atoms with van der Waals surface area (Å²) in [6, 6.07) is 6.23. The zero-order valence-electron chi connectivity index (χ0n) is 15.2. The van der Waals surface area contributed by atoms with Gasteiger partial charge in [0, 0.05) is 19.6 Å². The lowest BCUT2D eigenvalue weighted by Gasteiger charge is -2.19. The number of carbonyl (C=O) groups excluding carboxylic acids is 1. The van der Waals surface area contributed by atoms with E-state index in [2.05, 4.69) is 10.6 Å². The molecule has 0 radical (unpaired) electrons. The molecular formula is C17H29N3O3S. The maximum Gasteiger partial charge on any atom is 0.315 e. The Balaban J connectivity index is 2.78. The zero-order valence-corrected chi connectivity index (χ0v) is 16.0. The van der Waals surface area contributed by atoms with E-state index in [0.29, 0.717) is 25.6 Å². The Morgan fingerprint density at radius 1 is 1.08 bits per heavy atom. The average molecular weight is 356 g/mol. The van der Waals surface area contributed by atoms with Gasteiger partial charge >= 0.3 is 6.03 Å². The summed E-state index contributed by atoms with van der Waals surface area (Å²) < 4.78 is 26.3. The van der Waals surface area contributed by atoms with E-state index in [0.717, 1.165) is 5.56 Å². The van der Waals surface area contributed by atoms with Gasteiger partial charge in [0.15, 0.2) is 0 Å². The molecule has 0 spiro atoms. The number of sulfonamides is 1. The van der Waals surface area contributed by atoms with Gasteiger partial charge in [0.05, 0.1) is 10.9 Å². The van der Waals surface area contributed by atoms with Gasteiger partial charge in [-0.15, -0.1) is 0 Å². The van der Waals surface area contributed by atoms with Crippen molar-refractivity contribution >= 4 is 16.1 Å². The molecule has 2 amide bonds. The van der Waals surface area contributed by atoms with Gasteiger partial charge in [-0.1, -0.05) is 39.8 Å². The Morgan fingerprint density at radius 2 is 1.62 bits per heavy atom. The summed E-state index contributed by atoms with van der Waals surface area (Å²) in [5.74, 6) is 0.385. The molecule has 0 saturated carbocycles. The van der Waals surface area contributed by atoms with Crippen molar-refractivity contribution < 1.29 is 13.2 Å². The van der Waals surface area contributed by atoms with Crippen LogP contribution in [-0.4, -0.2) is 38.4 Å². The smallest absolute Gasteiger partial charge is 0.315 e. The van der Waals surface area contributed by atoms with Gasteiger partial charge in [-0.3, -0.25) is 0 Å². The van der Waals surface area contributed by atoms with Crippen molar-refractivity contribution in [2.24, 2.45) is 5.92 Å². The fourth-order valence-corrected chi connectivity index (χ4v) is 3.73. The van der Waals surface area contributed by atoms with Crippen molar-refractivity contribution in [1.29, 1.82) is 0 Å². The van der Waals surface area contributed by atoms with Crippen molar-refractivity contribution in [2.75, 3.05) is 19.6 Å². The van der Waals surface area contributed by atoms with Gasteiger partial charge in [0.2, 0.25) is 10.0 Å². The molecule has 0 bridgehead atoms. The molecule has 0 aliphatic rings. The second-order valence-electron chi connectivity index (χ2n) is 6.13. The highest BCUT2D eigenvalue weighted by Crippen LogP contribution is 2.19. The summed E-state index contributed by atoms with van der Waals surface area (Å²) in [7, 11) is -3.45. The first-order valence-electron chi connectivity index (χ1n) is 8.36. The van der Waals surface area contributed by atoms with Crippen molar-refractivity contribution in [3.05, 3.63) is 29.8 Å². The van der Waals surface area contributed by atoms with E-state index in [-0.39, 0.29) is 17.0 Å². The minimum Gasteiger partial charge on any atom is -0.338 e. The minimum absolute atomic E-state index is 0.206. The van der Waals surface area contributed by atoms with Crippen LogP contribution in [0, 0.1) is 5.92 Å². The standard InChI is InChI=1S/C17H29N3O3S/c1-6-20(7-2)24(22,23)16-10-8-15(9-11-16)14(5)19-17(21)18-12-13(3)4/h8-11,13-14H,6-7,12H2,1-5H3,(H2,18,19,21). The lowest BCUT2D eigenvalue weighted by molar-refractivity contribution is 0.236. The van der Waals surface area contributed by atoms with Crippen LogP contribution < -0.4 is 10.6 Å². The summed E-state index contributed by atoms with van der Waals surface area (Å²) in [6.45, 7) is 11.0. The highest BCUT2D eigenvalue weighted by molar-refractivity contribution is 7.89. The fraction of sp³-hybridized carbons (Fsp3) is 0.588. The summed E-state index contributed by atoms with van der Waals surface area (Å²) in [6.07, 6.45) is 0. The number of carbonyl (C=O) groups is 1. The van der Waals surface area contributed by atoms with Gasteiger partial charge in [-0.25, -0.2) is 13.2 Å². The predicted molar refractivity (Wildman–Crippen MR) is 96.3 cm³/mol. The van der Waals surface area contributed by atoms with Crippen LogP contribution in [0.3, 0.4) is 0 Å². The second kappa shape index (κ2) is 9.03. The number of nitrogens with zero attached hydrogens (tertiary/aromatic N) is 1. The summed E-state index contributed by atoms with van der Waals surface area (Å²) in [5, 5.41) is 5.64. The molecule has 1 rings (SSSR count). The average Bonchev–Trinajstić information content (AvgIpc) is 2.54. The number of hydrogen-bond donors (Lipinski definition) is 2. The van der Waals surface area contributed by atoms with Crippen LogP contribution >= 0.6 is 0 Å². The van der Waals surface area contributed by atoms with E-state index in [9.17, 15) is 13.2 Å². The normalized spacial score (nSPS) is 13.1.